The van der Waals surface area contributed by atoms with Crippen LogP contribution in [0.15, 0.2) is 47.5 Å². The number of aromatic nitrogens is 1. The van der Waals surface area contributed by atoms with Gasteiger partial charge < -0.3 is 9.67 Å². The first kappa shape index (κ1) is 16.7. The van der Waals surface area contributed by atoms with Gasteiger partial charge in [-0.3, -0.25) is 0 Å². The van der Waals surface area contributed by atoms with E-state index >= 15 is 0 Å². The summed E-state index contributed by atoms with van der Waals surface area (Å²) in [4.78, 5) is 11.2. The molecule has 0 saturated carbocycles. The number of rotatable bonds is 5. The topological polar surface area (TPSA) is 79.6 Å². The monoisotopic (exact) mass is 348 g/mol. The van der Waals surface area contributed by atoms with Gasteiger partial charge in [0.15, 0.2) is 0 Å². The van der Waals surface area contributed by atoms with E-state index in [4.69, 9.17) is 5.11 Å². The zero-order valence-corrected chi connectivity index (χ0v) is 14.2. The Morgan fingerprint density at radius 2 is 2.00 bits per heavy atom. The molecular formula is C17H20N2O4S. The van der Waals surface area contributed by atoms with Crippen molar-refractivity contribution in [3.63, 3.8) is 0 Å². The molecule has 0 radical (unpaired) electrons. The van der Waals surface area contributed by atoms with Crippen LogP contribution in [0.25, 0.3) is 0 Å². The van der Waals surface area contributed by atoms with E-state index in [0.29, 0.717) is 13.0 Å². The quantitative estimate of drug-likeness (QED) is 0.897. The number of hydrogen-bond donors (Lipinski definition) is 1. The average Bonchev–Trinajstić information content (AvgIpc) is 3.15. The van der Waals surface area contributed by atoms with Gasteiger partial charge >= 0.3 is 5.97 Å². The maximum absolute atomic E-state index is 12.9. The molecule has 0 amide bonds. The highest BCUT2D eigenvalue weighted by Crippen LogP contribution is 2.29. The summed E-state index contributed by atoms with van der Waals surface area (Å²) in [6.45, 7) is 0.469. The van der Waals surface area contributed by atoms with Gasteiger partial charge in [0.2, 0.25) is 10.0 Å². The smallest absolute Gasteiger partial charge is 0.352 e. The van der Waals surface area contributed by atoms with E-state index in [1.165, 1.54) is 28.2 Å². The molecule has 1 aliphatic rings. The van der Waals surface area contributed by atoms with Crippen molar-refractivity contribution in [1.82, 2.24) is 8.87 Å². The zero-order valence-electron chi connectivity index (χ0n) is 13.4. The molecule has 1 aliphatic heterocycles. The second-order valence-electron chi connectivity index (χ2n) is 6.08. The standard InChI is InChI=1S/C17H20N2O4S/c1-18-12-15(11-16(18)17(20)21)24(22,23)19-9-5-8-14(19)10-13-6-3-2-4-7-13/h2-4,6-7,11-12,14H,5,8-10H2,1H3,(H,20,21). The summed E-state index contributed by atoms with van der Waals surface area (Å²) in [5, 5.41) is 9.13. The first-order valence-electron chi connectivity index (χ1n) is 7.85. The van der Waals surface area contributed by atoms with E-state index in [-0.39, 0.29) is 16.6 Å². The highest BCUT2D eigenvalue weighted by molar-refractivity contribution is 7.89. The third-order valence-corrected chi connectivity index (χ3v) is 6.36. The largest absolute Gasteiger partial charge is 0.477 e. The Hall–Kier alpha value is -2.12. The lowest BCUT2D eigenvalue weighted by Crippen LogP contribution is -2.36. The van der Waals surface area contributed by atoms with Crippen LogP contribution in [0.1, 0.15) is 28.9 Å². The zero-order chi connectivity index (χ0) is 17.3. The molecule has 1 fully saturated rings. The van der Waals surface area contributed by atoms with Crippen LogP contribution in [-0.4, -0.2) is 41.0 Å². The van der Waals surface area contributed by atoms with Crippen LogP contribution >= 0.6 is 0 Å². The Morgan fingerprint density at radius 3 is 2.62 bits per heavy atom. The van der Waals surface area contributed by atoms with Crippen LogP contribution in [-0.2, 0) is 23.5 Å². The van der Waals surface area contributed by atoms with Gasteiger partial charge in [-0.05, 0) is 30.9 Å². The summed E-state index contributed by atoms with van der Waals surface area (Å²) in [6.07, 6.45) is 3.66. The molecule has 0 spiro atoms. The number of carboxylic acid groups (broad SMARTS) is 1. The number of carbonyl (C=O) groups is 1. The van der Waals surface area contributed by atoms with Crippen LogP contribution in [0.4, 0.5) is 0 Å². The summed E-state index contributed by atoms with van der Waals surface area (Å²) in [5.41, 5.74) is 1.07. The Balaban J connectivity index is 1.88. The van der Waals surface area contributed by atoms with Crippen molar-refractivity contribution < 1.29 is 18.3 Å². The molecule has 2 aromatic rings. The lowest BCUT2D eigenvalue weighted by atomic mass is 10.1. The summed E-state index contributed by atoms with van der Waals surface area (Å²) in [6, 6.07) is 11.0. The van der Waals surface area contributed by atoms with Crippen LogP contribution in [0.5, 0.6) is 0 Å². The van der Waals surface area contributed by atoms with E-state index in [2.05, 4.69) is 0 Å². The molecule has 3 rings (SSSR count). The molecule has 1 saturated heterocycles. The van der Waals surface area contributed by atoms with Crippen molar-refractivity contribution >= 4 is 16.0 Å². The average molecular weight is 348 g/mol. The highest BCUT2D eigenvalue weighted by atomic mass is 32.2. The first-order chi connectivity index (χ1) is 11.4. The second kappa shape index (κ2) is 6.41. The number of aryl methyl sites for hydroxylation is 1. The van der Waals surface area contributed by atoms with Crippen molar-refractivity contribution in [3.8, 4) is 0 Å². The van der Waals surface area contributed by atoms with Crippen molar-refractivity contribution in [1.29, 1.82) is 0 Å². The Morgan fingerprint density at radius 1 is 1.29 bits per heavy atom. The maximum atomic E-state index is 12.9. The minimum Gasteiger partial charge on any atom is -0.477 e. The molecular weight excluding hydrogens is 328 g/mol. The molecule has 24 heavy (non-hydrogen) atoms. The van der Waals surface area contributed by atoms with Crippen molar-refractivity contribution in [2.45, 2.75) is 30.2 Å². The minimum absolute atomic E-state index is 0.0348. The van der Waals surface area contributed by atoms with E-state index in [0.717, 1.165) is 18.4 Å². The number of aromatic carboxylic acids is 1. The maximum Gasteiger partial charge on any atom is 0.352 e. The number of carboxylic acids is 1. The van der Waals surface area contributed by atoms with Crippen LogP contribution in [0.2, 0.25) is 0 Å². The second-order valence-corrected chi connectivity index (χ2v) is 7.97. The summed E-state index contributed by atoms with van der Waals surface area (Å²) in [5.74, 6) is -1.14. The molecule has 6 nitrogen and oxygen atoms in total. The van der Waals surface area contributed by atoms with Crippen molar-refractivity contribution in [2.75, 3.05) is 6.54 Å². The van der Waals surface area contributed by atoms with E-state index in [1.807, 2.05) is 30.3 Å². The Kier molecular flexibility index (Phi) is 4.47. The van der Waals surface area contributed by atoms with Gasteiger partial charge in [0.1, 0.15) is 10.6 Å². The fourth-order valence-electron chi connectivity index (χ4n) is 3.24. The van der Waals surface area contributed by atoms with Crippen LogP contribution < -0.4 is 0 Å². The molecule has 1 aromatic heterocycles. The predicted octanol–water partition coefficient (Wildman–Crippen LogP) is 2.12. The molecule has 1 aromatic carbocycles. The lowest BCUT2D eigenvalue weighted by molar-refractivity contribution is 0.0686. The predicted molar refractivity (Wildman–Crippen MR) is 89.4 cm³/mol. The minimum atomic E-state index is -3.69. The van der Waals surface area contributed by atoms with E-state index in [9.17, 15) is 13.2 Å². The lowest BCUT2D eigenvalue weighted by Gasteiger charge is -2.23. The molecule has 1 atom stereocenters. The number of benzene rings is 1. The summed E-state index contributed by atoms with van der Waals surface area (Å²) >= 11 is 0. The van der Waals surface area contributed by atoms with Crippen molar-refractivity contribution in [2.24, 2.45) is 7.05 Å². The van der Waals surface area contributed by atoms with Gasteiger partial charge in [-0.15, -0.1) is 0 Å². The molecule has 0 aliphatic carbocycles. The fraction of sp³-hybridized carbons (Fsp3) is 0.353. The van der Waals surface area contributed by atoms with Gasteiger partial charge in [-0.2, -0.15) is 4.31 Å². The highest BCUT2D eigenvalue weighted by Gasteiger charge is 2.36. The van der Waals surface area contributed by atoms with Crippen molar-refractivity contribution in [3.05, 3.63) is 53.9 Å². The third-order valence-electron chi connectivity index (χ3n) is 4.44. The molecule has 128 valence electrons. The number of hydrogen-bond acceptors (Lipinski definition) is 3. The van der Waals surface area contributed by atoms with Gasteiger partial charge in [-0.1, -0.05) is 30.3 Å². The van der Waals surface area contributed by atoms with Gasteiger partial charge in [-0.25, -0.2) is 13.2 Å². The van der Waals surface area contributed by atoms with Gasteiger partial charge in [0.05, 0.1) is 0 Å². The molecule has 7 heteroatoms. The van der Waals surface area contributed by atoms with Gasteiger partial charge in [0.25, 0.3) is 0 Å². The normalized spacial score (nSPS) is 18.8. The van der Waals surface area contributed by atoms with E-state index in [1.54, 1.807) is 0 Å². The number of sulfonamides is 1. The molecule has 0 bridgehead atoms. The third kappa shape index (κ3) is 3.09. The fourth-order valence-corrected chi connectivity index (χ4v) is 5.00. The summed E-state index contributed by atoms with van der Waals surface area (Å²) in [7, 11) is -2.16. The van der Waals surface area contributed by atoms with Crippen LogP contribution in [0.3, 0.4) is 0 Å². The number of nitrogens with zero attached hydrogens (tertiary/aromatic N) is 2. The Labute approximate surface area is 141 Å². The summed E-state index contributed by atoms with van der Waals surface area (Å²) < 4.78 is 28.7. The first-order valence-corrected chi connectivity index (χ1v) is 9.29. The Bertz CT molecular complexity index is 843. The molecule has 2 heterocycles. The molecule has 1 unspecified atom stereocenters. The van der Waals surface area contributed by atoms with E-state index < -0.39 is 16.0 Å². The van der Waals surface area contributed by atoms with Crippen LogP contribution in [0, 0.1) is 0 Å². The van der Waals surface area contributed by atoms with Gasteiger partial charge in [0, 0.05) is 25.8 Å². The SMILES string of the molecule is Cn1cc(S(=O)(=O)N2CCCC2Cc2ccccc2)cc1C(=O)O. The molecule has 1 N–H and O–H groups in total.